The van der Waals surface area contributed by atoms with E-state index in [1.54, 1.807) is 18.2 Å². The Kier molecular flexibility index (Phi) is 5.80. The summed E-state index contributed by atoms with van der Waals surface area (Å²) in [6, 6.07) is 12.8. The second-order valence-electron chi connectivity index (χ2n) is 6.40. The summed E-state index contributed by atoms with van der Waals surface area (Å²) in [5.74, 6) is 0.586. The Bertz CT molecular complexity index is 1040. The van der Waals surface area contributed by atoms with E-state index >= 15 is 0 Å². The van der Waals surface area contributed by atoms with Gasteiger partial charge in [0.1, 0.15) is 5.82 Å². The molecule has 1 heterocycles. The van der Waals surface area contributed by atoms with Crippen LogP contribution in [0, 0.1) is 20.8 Å². The molecule has 0 aliphatic heterocycles. The fourth-order valence-corrected chi connectivity index (χ4v) is 2.86. The summed E-state index contributed by atoms with van der Waals surface area (Å²) < 4.78 is 4.76. The summed E-state index contributed by atoms with van der Waals surface area (Å²) in [6.07, 6.45) is 0. The normalized spacial score (nSPS) is 10.5. The first-order valence-electron chi connectivity index (χ1n) is 8.71. The molecular weight excluding hydrogens is 376 g/mol. The highest BCUT2D eigenvalue weighted by molar-refractivity contribution is 6.33. The van der Waals surface area contributed by atoms with Crippen LogP contribution in [-0.4, -0.2) is 23.0 Å². The summed E-state index contributed by atoms with van der Waals surface area (Å²) in [5.41, 5.74) is 5.02. The minimum Gasteiger partial charge on any atom is -0.465 e. The molecule has 3 aromatic rings. The highest BCUT2D eigenvalue weighted by Gasteiger charge is 2.11. The maximum absolute atomic E-state index is 11.8. The molecule has 0 aliphatic rings. The van der Waals surface area contributed by atoms with Crippen LogP contribution in [0.15, 0.2) is 42.5 Å². The summed E-state index contributed by atoms with van der Waals surface area (Å²) in [7, 11) is 1.33. The Morgan fingerprint density at radius 3 is 2.54 bits per heavy atom. The molecule has 0 fully saturated rings. The van der Waals surface area contributed by atoms with Crippen molar-refractivity contribution in [1.82, 2.24) is 9.97 Å². The molecule has 2 N–H and O–H groups in total. The largest absolute Gasteiger partial charge is 0.465 e. The molecule has 0 spiro atoms. The zero-order valence-corrected chi connectivity index (χ0v) is 16.9. The van der Waals surface area contributed by atoms with Crippen LogP contribution in [0.5, 0.6) is 0 Å². The predicted molar refractivity (Wildman–Crippen MR) is 112 cm³/mol. The lowest BCUT2D eigenvalue weighted by atomic mass is 10.1. The van der Waals surface area contributed by atoms with Crippen LogP contribution in [0.1, 0.15) is 27.2 Å². The lowest BCUT2D eigenvalue weighted by Gasteiger charge is -2.13. The molecule has 0 aliphatic carbocycles. The second-order valence-corrected chi connectivity index (χ2v) is 6.81. The number of methoxy groups -OCH3 is 1. The number of anilines is 4. The smallest absolute Gasteiger partial charge is 0.337 e. The molecule has 28 heavy (non-hydrogen) atoms. The number of aryl methyl sites for hydroxylation is 2. The first-order valence-corrected chi connectivity index (χ1v) is 9.09. The molecule has 3 rings (SSSR count). The van der Waals surface area contributed by atoms with Crippen LogP contribution in [0.25, 0.3) is 0 Å². The van der Waals surface area contributed by atoms with Gasteiger partial charge in [-0.05, 0) is 56.2 Å². The van der Waals surface area contributed by atoms with Gasteiger partial charge in [-0.1, -0.05) is 23.7 Å². The summed E-state index contributed by atoms with van der Waals surface area (Å²) in [6.45, 7) is 6.01. The maximum Gasteiger partial charge on any atom is 0.337 e. The van der Waals surface area contributed by atoms with Gasteiger partial charge in [0.2, 0.25) is 5.95 Å². The monoisotopic (exact) mass is 396 g/mol. The van der Waals surface area contributed by atoms with Gasteiger partial charge in [-0.2, -0.15) is 4.98 Å². The van der Waals surface area contributed by atoms with Gasteiger partial charge in [0.15, 0.2) is 0 Å². The van der Waals surface area contributed by atoms with Gasteiger partial charge in [0.25, 0.3) is 0 Å². The summed E-state index contributed by atoms with van der Waals surface area (Å²) in [5, 5.41) is 6.86. The third kappa shape index (κ3) is 4.40. The summed E-state index contributed by atoms with van der Waals surface area (Å²) >= 11 is 6.26. The van der Waals surface area contributed by atoms with E-state index < -0.39 is 5.97 Å². The van der Waals surface area contributed by atoms with Crippen molar-refractivity contribution in [2.45, 2.75) is 20.8 Å². The molecule has 0 unspecified atom stereocenters. The number of aromatic nitrogens is 2. The van der Waals surface area contributed by atoms with Gasteiger partial charge in [0.05, 0.1) is 23.4 Å². The van der Waals surface area contributed by atoms with Crippen molar-refractivity contribution in [3.05, 3.63) is 69.9 Å². The van der Waals surface area contributed by atoms with Gasteiger partial charge in [-0.25, -0.2) is 9.78 Å². The zero-order chi connectivity index (χ0) is 20.3. The van der Waals surface area contributed by atoms with Crippen LogP contribution in [-0.2, 0) is 4.74 Å². The van der Waals surface area contributed by atoms with Crippen molar-refractivity contribution < 1.29 is 9.53 Å². The number of nitrogens with zero attached hydrogens (tertiary/aromatic N) is 2. The molecule has 0 bridgehead atoms. The number of benzene rings is 2. The van der Waals surface area contributed by atoms with Crippen molar-refractivity contribution >= 4 is 40.7 Å². The van der Waals surface area contributed by atoms with Crippen LogP contribution < -0.4 is 10.6 Å². The molecule has 0 saturated carbocycles. The topological polar surface area (TPSA) is 76.1 Å². The molecular formula is C21H21ClN4O2. The first kappa shape index (κ1) is 19.6. The van der Waals surface area contributed by atoms with Gasteiger partial charge in [-0.3, -0.25) is 0 Å². The molecule has 2 aromatic carbocycles. The van der Waals surface area contributed by atoms with E-state index in [0.29, 0.717) is 28.0 Å². The van der Waals surface area contributed by atoms with Gasteiger partial charge < -0.3 is 15.4 Å². The fraction of sp³-hybridized carbons (Fsp3) is 0.190. The van der Waals surface area contributed by atoms with E-state index in [1.165, 1.54) is 12.7 Å². The number of hydrogen-bond donors (Lipinski definition) is 2. The Labute approximate surface area is 168 Å². The number of carbonyl (C=O) groups excluding carboxylic acids is 1. The fourth-order valence-electron chi connectivity index (χ4n) is 2.70. The van der Waals surface area contributed by atoms with Crippen LogP contribution in [0.3, 0.4) is 0 Å². The Morgan fingerprint density at radius 1 is 1.00 bits per heavy atom. The highest BCUT2D eigenvalue weighted by atomic mass is 35.5. The van der Waals surface area contributed by atoms with Crippen LogP contribution in [0.2, 0.25) is 5.02 Å². The number of ether oxygens (including phenoxy) is 1. The SMILES string of the molecule is COC(=O)c1ccc(Cl)c(Nc2nc(C)cc(Nc3cccc(C)c3C)n2)c1. The van der Waals surface area contributed by atoms with E-state index in [0.717, 1.165) is 16.9 Å². The van der Waals surface area contributed by atoms with E-state index in [9.17, 15) is 4.79 Å². The molecule has 1 aromatic heterocycles. The number of halogens is 1. The standard InChI is InChI=1S/C21H21ClN4O2/c1-12-6-5-7-17(14(12)3)24-19-10-13(2)23-21(26-19)25-18-11-15(20(27)28-4)8-9-16(18)22/h5-11H,1-4H3,(H2,23,24,25,26). The number of hydrogen-bond acceptors (Lipinski definition) is 6. The van der Waals surface area contributed by atoms with Crippen LogP contribution in [0.4, 0.5) is 23.1 Å². The minimum atomic E-state index is -0.442. The molecule has 144 valence electrons. The highest BCUT2D eigenvalue weighted by Crippen LogP contribution is 2.27. The minimum absolute atomic E-state index is 0.372. The quantitative estimate of drug-likeness (QED) is 0.568. The third-order valence-electron chi connectivity index (χ3n) is 4.36. The zero-order valence-electron chi connectivity index (χ0n) is 16.1. The number of rotatable bonds is 5. The molecule has 7 heteroatoms. The lowest BCUT2D eigenvalue weighted by Crippen LogP contribution is -2.05. The Morgan fingerprint density at radius 2 is 1.79 bits per heavy atom. The second kappa shape index (κ2) is 8.27. The van der Waals surface area contributed by atoms with E-state index in [-0.39, 0.29) is 0 Å². The van der Waals surface area contributed by atoms with Crippen molar-refractivity contribution in [1.29, 1.82) is 0 Å². The first-order chi connectivity index (χ1) is 13.4. The van der Waals surface area contributed by atoms with Gasteiger partial charge >= 0.3 is 5.97 Å². The van der Waals surface area contributed by atoms with Gasteiger partial charge in [0, 0.05) is 17.4 Å². The average Bonchev–Trinajstić information content (AvgIpc) is 2.66. The van der Waals surface area contributed by atoms with Crippen molar-refractivity contribution in [2.75, 3.05) is 17.7 Å². The predicted octanol–water partition coefficient (Wildman–Crippen LogP) is 5.33. The molecule has 0 saturated heterocycles. The number of carbonyl (C=O) groups is 1. The van der Waals surface area contributed by atoms with E-state index in [1.807, 2.05) is 25.1 Å². The van der Waals surface area contributed by atoms with Crippen molar-refractivity contribution in [2.24, 2.45) is 0 Å². The third-order valence-corrected chi connectivity index (χ3v) is 4.69. The van der Waals surface area contributed by atoms with E-state index in [2.05, 4.69) is 40.5 Å². The van der Waals surface area contributed by atoms with E-state index in [4.69, 9.17) is 16.3 Å². The van der Waals surface area contributed by atoms with Crippen molar-refractivity contribution in [3.8, 4) is 0 Å². The number of nitrogens with one attached hydrogen (secondary N) is 2. The number of esters is 1. The summed E-state index contributed by atoms with van der Waals surface area (Å²) in [4.78, 5) is 20.7. The lowest BCUT2D eigenvalue weighted by molar-refractivity contribution is 0.0601. The Hall–Kier alpha value is -3.12. The molecule has 6 nitrogen and oxygen atoms in total. The van der Waals surface area contributed by atoms with Gasteiger partial charge in [-0.15, -0.1) is 0 Å². The average molecular weight is 397 g/mol. The molecule has 0 atom stereocenters. The molecule has 0 amide bonds. The van der Waals surface area contributed by atoms with Crippen LogP contribution >= 0.6 is 11.6 Å². The maximum atomic E-state index is 11.8. The van der Waals surface area contributed by atoms with Crippen molar-refractivity contribution in [3.63, 3.8) is 0 Å². The molecule has 0 radical (unpaired) electrons. The Balaban J connectivity index is 1.90.